The average Bonchev–Trinajstić information content (AvgIpc) is 2.72. The topological polar surface area (TPSA) is 89.5 Å². The van der Waals surface area contributed by atoms with Crippen LogP contribution in [0.25, 0.3) is 0 Å². The lowest BCUT2D eigenvalue weighted by atomic mass is 9.99. The fourth-order valence-electron chi connectivity index (χ4n) is 2.73. The van der Waals surface area contributed by atoms with Crippen molar-refractivity contribution in [1.82, 2.24) is 4.90 Å². The molecule has 1 aromatic rings. The molecule has 0 spiro atoms. The molecule has 108 valence electrons. The molecule has 3 unspecified atom stereocenters. The molecule has 20 heavy (non-hydrogen) atoms. The summed E-state index contributed by atoms with van der Waals surface area (Å²) < 4.78 is 0. The molecule has 1 saturated heterocycles. The average molecular weight is 277 g/mol. The van der Waals surface area contributed by atoms with Gasteiger partial charge in [0.05, 0.1) is 11.0 Å². The Labute approximate surface area is 117 Å². The van der Waals surface area contributed by atoms with Gasteiger partial charge in [-0.15, -0.1) is 0 Å². The number of likely N-dealkylation sites (tertiary alicyclic amines) is 1. The highest BCUT2D eigenvalue weighted by atomic mass is 16.6. The highest BCUT2D eigenvalue weighted by Gasteiger charge is 2.40. The Bertz CT molecular complexity index is 532. The molecule has 1 heterocycles. The summed E-state index contributed by atoms with van der Waals surface area (Å²) in [5.41, 5.74) is 6.84. The molecule has 0 saturated carbocycles. The molecule has 3 atom stereocenters. The summed E-state index contributed by atoms with van der Waals surface area (Å²) in [7, 11) is 0. The van der Waals surface area contributed by atoms with Crippen LogP contribution < -0.4 is 5.73 Å². The number of nitro benzene ring substituents is 1. The van der Waals surface area contributed by atoms with Crippen molar-refractivity contribution in [2.24, 2.45) is 5.73 Å². The Hall–Kier alpha value is -1.95. The summed E-state index contributed by atoms with van der Waals surface area (Å²) in [6.07, 6.45) is 1.11. The second-order valence-corrected chi connectivity index (χ2v) is 5.22. The largest absolute Gasteiger partial charge is 0.331 e. The van der Waals surface area contributed by atoms with Crippen LogP contribution in [0.3, 0.4) is 0 Å². The van der Waals surface area contributed by atoms with Crippen LogP contribution >= 0.6 is 0 Å². The van der Waals surface area contributed by atoms with Gasteiger partial charge >= 0.3 is 0 Å². The van der Waals surface area contributed by atoms with Gasteiger partial charge in [-0.1, -0.05) is 19.1 Å². The summed E-state index contributed by atoms with van der Waals surface area (Å²) in [5, 5.41) is 10.9. The van der Waals surface area contributed by atoms with Crippen LogP contribution in [0.15, 0.2) is 24.3 Å². The molecular formula is C14H19N3O3. The number of hydrogen-bond donors (Lipinski definition) is 1. The van der Waals surface area contributed by atoms with Gasteiger partial charge in [0.2, 0.25) is 5.91 Å². The minimum atomic E-state index is -0.431. The van der Waals surface area contributed by atoms with Crippen molar-refractivity contribution in [2.75, 3.05) is 0 Å². The van der Waals surface area contributed by atoms with E-state index < -0.39 is 4.92 Å². The Morgan fingerprint density at radius 1 is 1.55 bits per heavy atom. The van der Waals surface area contributed by atoms with Gasteiger partial charge in [-0.05, 0) is 18.9 Å². The van der Waals surface area contributed by atoms with Gasteiger partial charge in [0.1, 0.15) is 0 Å². The number of nitro groups is 1. The van der Waals surface area contributed by atoms with E-state index in [2.05, 4.69) is 0 Å². The Balaban J connectivity index is 2.40. The third-order valence-corrected chi connectivity index (χ3v) is 3.89. The Morgan fingerprint density at radius 3 is 2.85 bits per heavy atom. The maximum absolute atomic E-state index is 12.1. The third-order valence-electron chi connectivity index (χ3n) is 3.89. The zero-order chi connectivity index (χ0) is 14.9. The predicted octanol–water partition coefficient (Wildman–Crippen LogP) is 1.99. The van der Waals surface area contributed by atoms with E-state index in [-0.39, 0.29) is 36.1 Å². The lowest BCUT2D eigenvalue weighted by Crippen LogP contribution is -2.38. The van der Waals surface area contributed by atoms with Crippen LogP contribution in [0.5, 0.6) is 0 Å². The van der Waals surface area contributed by atoms with Gasteiger partial charge < -0.3 is 10.6 Å². The molecule has 6 heteroatoms. The van der Waals surface area contributed by atoms with Crippen molar-refractivity contribution in [2.45, 2.75) is 44.8 Å². The number of carbonyl (C=O) groups excluding carboxylic acids is 1. The summed E-state index contributed by atoms with van der Waals surface area (Å²) >= 11 is 0. The van der Waals surface area contributed by atoms with Crippen LogP contribution in [0.1, 0.15) is 38.3 Å². The van der Waals surface area contributed by atoms with Crippen molar-refractivity contribution < 1.29 is 9.72 Å². The van der Waals surface area contributed by atoms with E-state index >= 15 is 0 Å². The Kier molecular flexibility index (Phi) is 4.04. The molecule has 0 aliphatic carbocycles. The molecule has 1 aliphatic heterocycles. The second-order valence-electron chi connectivity index (χ2n) is 5.22. The number of carbonyl (C=O) groups is 1. The normalized spacial score (nSPS) is 23.9. The van der Waals surface area contributed by atoms with Gasteiger partial charge in [0.15, 0.2) is 0 Å². The number of nitrogens with two attached hydrogens (primary N) is 1. The minimum Gasteiger partial charge on any atom is -0.331 e. The quantitative estimate of drug-likeness (QED) is 0.673. The summed E-state index contributed by atoms with van der Waals surface area (Å²) in [5.74, 6) is 0.0170. The number of rotatable bonds is 4. The lowest BCUT2D eigenvalue weighted by molar-refractivity contribution is -0.385. The Morgan fingerprint density at radius 2 is 2.25 bits per heavy atom. The van der Waals surface area contributed by atoms with Crippen LogP contribution in [0, 0.1) is 10.1 Å². The predicted molar refractivity (Wildman–Crippen MR) is 75.0 cm³/mol. The van der Waals surface area contributed by atoms with Gasteiger partial charge in [0.25, 0.3) is 5.69 Å². The van der Waals surface area contributed by atoms with E-state index in [4.69, 9.17) is 5.73 Å². The first kappa shape index (κ1) is 14.5. The van der Waals surface area contributed by atoms with Crippen LogP contribution in [-0.4, -0.2) is 27.8 Å². The third kappa shape index (κ3) is 2.51. The van der Waals surface area contributed by atoms with Crippen molar-refractivity contribution in [3.05, 3.63) is 39.9 Å². The molecule has 1 amide bonds. The van der Waals surface area contributed by atoms with Crippen molar-refractivity contribution >= 4 is 11.6 Å². The van der Waals surface area contributed by atoms with E-state index in [0.29, 0.717) is 0 Å². The molecular weight excluding hydrogens is 258 g/mol. The van der Waals surface area contributed by atoms with E-state index in [1.165, 1.54) is 12.1 Å². The summed E-state index contributed by atoms with van der Waals surface area (Å²) in [6, 6.07) is 5.86. The highest BCUT2D eigenvalue weighted by molar-refractivity contribution is 5.80. The molecule has 2 rings (SSSR count). The molecule has 2 N–H and O–H groups in total. The summed E-state index contributed by atoms with van der Waals surface area (Å²) in [4.78, 5) is 24.3. The number of non-ortho nitro benzene ring substituents is 1. The molecule has 1 aliphatic rings. The molecule has 0 aromatic heterocycles. The number of nitrogens with zero attached hydrogens (tertiary/aromatic N) is 2. The number of hydrogen-bond acceptors (Lipinski definition) is 4. The maximum atomic E-state index is 12.1. The van der Waals surface area contributed by atoms with Crippen LogP contribution in [0.2, 0.25) is 0 Å². The van der Waals surface area contributed by atoms with Crippen molar-refractivity contribution in [1.29, 1.82) is 0 Å². The van der Waals surface area contributed by atoms with Crippen molar-refractivity contribution in [3.8, 4) is 0 Å². The molecule has 0 bridgehead atoms. The monoisotopic (exact) mass is 277 g/mol. The van der Waals surface area contributed by atoms with Gasteiger partial charge in [-0.3, -0.25) is 14.9 Å². The molecule has 6 nitrogen and oxygen atoms in total. The van der Waals surface area contributed by atoms with Crippen molar-refractivity contribution in [3.63, 3.8) is 0 Å². The number of benzene rings is 1. The summed E-state index contributed by atoms with van der Waals surface area (Å²) in [6.45, 7) is 3.98. The first-order valence-electron chi connectivity index (χ1n) is 6.76. The SMILES string of the molecule is CCC(C)N1C(=O)CC(N)C1c1cccc([N+](=O)[O-])c1. The smallest absolute Gasteiger partial charge is 0.269 e. The molecule has 1 aromatic carbocycles. The van der Waals surface area contributed by atoms with Gasteiger partial charge in [0, 0.05) is 30.6 Å². The zero-order valence-corrected chi connectivity index (χ0v) is 11.7. The maximum Gasteiger partial charge on any atom is 0.269 e. The van der Waals surface area contributed by atoms with Crippen LogP contribution in [0.4, 0.5) is 5.69 Å². The highest BCUT2D eigenvalue weighted by Crippen LogP contribution is 2.35. The van der Waals surface area contributed by atoms with E-state index in [1.807, 2.05) is 13.8 Å². The first-order chi connectivity index (χ1) is 9.45. The van der Waals surface area contributed by atoms with E-state index in [9.17, 15) is 14.9 Å². The van der Waals surface area contributed by atoms with E-state index in [0.717, 1.165) is 12.0 Å². The first-order valence-corrected chi connectivity index (χ1v) is 6.76. The molecule has 1 fully saturated rings. The fraction of sp³-hybridized carbons (Fsp3) is 0.500. The van der Waals surface area contributed by atoms with Crippen LogP contribution in [-0.2, 0) is 4.79 Å². The number of amides is 1. The minimum absolute atomic E-state index is 0.0170. The zero-order valence-electron chi connectivity index (χ0n) is 11.7. The standard InChI is InChI=1S/C14H19N3O3/c1-3-9(2)16-13(18)8-12(15)14(16)10-5-4-6-11(7-10)17(19)20/h4-7,9,12,14H,3,8,15H2,1-2H3. The fourth-order valence-corrected chi connectivity index (χ4v) is 2.73. The molecule has 0 radical (unpaired) electrons. The van der Waals surface area contributed by atoms with Gasteiger partial charge in [-0.25, -0.2) is 0 Å². The van der Waals surface area contributed by atoms with E-state index in [1.54, 1.807) is 17.0 Å². The lowest BCUT2D eigenvalue weighted by Gasteiger charge is -2.32. The van der Waals surface area contributed by atoms with Gasteiger partial charge in [-0.2, -0.15) is 0 Å². The second kappa shape index (κ2) is 5.58.